The quantitative estimate of drug-likeness (QED) is 0.781. The fourth-order valence-corrected chi connectivity index (χ4v) is 1.69. The van der Waals surface area contributed by atoms with Crippen LogP contribution in [0.25, 0.3) is 0 Å². The van der Waals surface area contributed by atoms with Crippen molar-refractivity contribution in [2.24, 2.45) is 5.92 Å². The molecule has 1 rings (SSSR count). The Morgan fingerprint density at radius 2 is 2.05 bits per heavy atom. The highest BCUT2D eigenvalue weighted by molar-refractivity contribution is 5.84. The summed E-state index contributed by atoms with van der Waals surface area (Å²) in [5.41, 5.74) is 0. The zero-order valence-electron chi connectivity index (χ0n) is 12.4. The Hall–Kier alpha value is -2.11. The van der Waals surface area contributed by atoms with Crippen molar-refractivity contribution >= 4 is 11.9 Å². The van der Waals surface area contributed by atoms with Crippen molar-refractivity contribution in [3.8, 4) is 5.75 Å². The Balaban J connectivity index is 2.41. The van der Waals surface area contributed by atoms with Crippen molar-refractivity contribution in [2.75, 3.05) is 13.7 Å². The molecular weight excluding hydrogens is 277 g/mol. The van der Waals surface area contributed by atoms with Crippen LogP contribution in [0.1, 0.15) is 20.3 Å². The molecule has 1 aromatic rings. The Kier molecular flexibility index (Phi) is 6.65. The minimum Gasteiger partial charge on any atom is -0.493 e. The molecule has 0 aliphatic carbocycles. The number of esters is 1. The van der Waals surface area contributed by atoms with Gasteiger partial charge in [-0.15, -0.1) is 0 Å². The predicted molar refractivity (Wildman–Crippen MR) is 75.3 cm³/mol. The van der Waals surface area contributed by atoms with Crippen molar-refractivity contribution in [2.45, 2.75) is 26.3 Å². The number of methoxy groups -OCH3 is 1. The van der Waals surface area contributed by atoms with E-state index in [1.807, 2.05) is 13.8 Å². The van der Waals surface area contributed by atoms with Crippen LogP contribution >= 0.6 is 0 Å². The zero-order valence-corrected chi connectivity index (χ0v) is 12.4. The van der Waals surface area contributed by atoms with E-state index >= 15 is 0 Å². The largest absolute Gasteiger partial charge is 0.493 e. The maximum Gasteiger partial charge on any atom is 0.328 e. The summed E-state index contributed by atoms with van der Waals surface area (Å²) >= 11 is 0. The van der Waals surface area contributed by atoms with Crippen LogP contribution in [0.2, 0.25) is 0 Å². The molecule has 1 N–H and O–H groups in total. The second-order valence-corrected chi connectivity index (χ2v) is 4.87. The molecule has 1 unspecified atom stereocenters. The molecule has 116 valence electrons. The molecule has 6 heteroatoms. The fourth-order valence-electron chi connectivity index (χ4n) is 1.69. The molecule has 0 bridgehead atoms. The van der Waals surface area contributed by atoms with Crippen molar-refractivity contribution in [1.29, 1.82) is 0 Å². The summed E-state index contributed by atoms with van der Waals surface area (Å²) in [4.78, 5) is 23.3. The van der Waals surface area contributed by atoms with Gasteiger partial charge in [0.25, 0.3) is 0 Å². The van der Waals surface area contributed by atoms with Gasteiger partial charge >= 0.3 is 5.97 Å². The molecule has 5 nitrogen and oxygen atoms in total. The standard InChI is InChI=1S/C15H20FNO4/c1-10(2)14(15(19)20-3)17-13(18)7-8-21-12-6-4-5-11(16)9-12/h4-6,9-10,14H,7-8H2,1-3H3,(H,17,18). The number of ether oxygens (including phenoxy) is 2. The molecule has 0 aliphatic heterocycles. The average Bonchev–Trinajstić information content (AvgIpc) is 2.43. The highest BCUT2D eigenvalue weighted by Crippen LogP contribution is 2.12. The first kappa shape index (κ1) is 16.9. The first-order valence-electron chi connectivity index (χ1n) is 6.69. The van der Waals surface area contributed by atoms with Crippen LogP contribution in [-0.2, 0) is 14.3 Å². The van der Waals surface area contributed by atoms with Crippen molar-refractivity contribution in [1.82, 2.24) is 5.32 Å². The van der Waals surface area contributed by atoms with E-state index in [9.17, 15) is 14.0 Å². The van der Waals surface area contributed by atoms with Crippen LogP contribution in [0.5, 0.6) is 5.75 Å². The Bertz CT molecular complexity index is 490. The van der Waals surface area contributed by atoms with E-state index in [4.69, 9.17) is 4.74 Å². The fraction of sp³-hybridized carbons (Fsp3) is 0.467. The molecule has 0 saturated heterocycles. The second kappa shape index (κ2) is 8.24. The number of hydrogen-bond acceptors (Lipinski definition) is 4. The van der Waals surface area contributed by atoms with Gasteiger partial charge in [-0.3, -0.25) is 4.79 Å². The lowest BCUT2D eigenvalue weighted by molar-refractivity contribution is -0.146. The van der Waals surface area contributed by atoms with E-state index in [1.165, 1.54) is 25.3 Å². The number of amides is 1. The molecule has 0 saturated carbocycles. The van der Waals surface area contributed by atoms with Crippen LogP contribution in [-0.4, -0.2) is 31.6 Å². The van der Waals surface area contributed by atoms with E-state index < -0.39 is 17.8 Å². The van der Waals surface area contributed by atoms with Crippen LogP contribution in [0.3, 0.4) is 0 Å². The smallest absolute Gasteiger partial charge is 0.328 e. The highest BCUT2D eigenvalue weighted by Gasteiger charge is 2.24. The number of hydrogen-bond donors (Lipinski definition) is 1. The first-order valence-corrected chi connectivity index (χ1v) is 6.69. The molecule has 0 aromatic heterocycles. The Morgan fingerprint density at radius 3 is 2.62 bits per heavy atom. The predicted octanol–water partition coefficient (Wildman–Crippen LogP) is 1.91. The molecule has 0 heterocycles. The van der Waals surface area contributed by atoms with E-state index in [1.54, 1.807) is 6.07 Å². The lowest BCUT2D eigenvalue weighted by Gasteiger charge is -2.19. The molecule has 0 radical (unpaired) electrons. The maximum absolute atomic E-state index is 12.9. The number of carbonyl (C=O) groups is 2. The minimum absolute atomic E-state index is 0.0662. The number of nitrogens with one attached hydrogen (secondary N) is 1. The summed E-state index contributed by atoms with van der Waals surface area (Å²) in [6.45, 7) is 3.72. The van der Waals surface area contributed by atoms with Crippen LogP contribution in [0.15, 0.2) is 24.3 Å². The number of carbonyl (C=O) groups excluding carboxylic acids is 2. The second-order valence-electron chi connectivity index (χ2n) is 4.87. The normalized spacial score (nSPS) is 11.9. The lowest BCUT2D eigenvalue weighted by Crippen LogP contribution is -2.45. The first-order chi connectivity index (χ1) is 9.93. The third kappa shape index (κ3) is 5.81. The van der Waals surface area contributed by atoms with Crippen LogP contribution in [0.4, 0.5) is 4.39 Å². The van der Waals surface area contributed by atoms with Gasteiger partial charge in [-0.25, -0.2) is 9.18 Å². The summed E-state index contributed by atoms with van der Waals surface area (Å²) in [6.07, 6.45) is 0.0662. The van der Waals surface area contributed by atoms with Gasteiger partial charge in [0.2, 0.25) is 5.91 Å². The van der Waals surface area contributed by atoms with Gasteiger partial charge in [0.15, 0.2) is 0 Å². The SMILES string of the molecule is COC(=O)C(NC(=O)CCOc1cccc(F)c1)C(C)C. The number of halogens is 1. The molecule has 0 fully saturated rings. The third-order valence-electron chi connectivity index (χ3n) is 2.83. The average molecular weight is 297 g/mol. The third-order valence-corrected chi connectivity index (χ3v) is 2.83. The number of benzene rings is 1. The van der Waals surface area contributed by atoms with Gasteiger partial charge in [-0.05, 0) is 18.1 Å². The molecule has 0 aliphatic rings. The topological polar surface area (TPSA) is 64.6 Å². The van der Waals surface area contributed by atoms with Crippen molar-refractivity contribution in [3.63, 3.8) is 0 Å². The van der Waals surface area contributed by atoms with Crippen LogP contribution < -0.4 is 10.1 Å². The summed E-state index contributed by atoms with van der Waals surface area (Å²) in [5, 5.41) is 2.60. The molecule has 1 amide bonds. The van der Waals surface area contributed by atoms with Crippen molar-refractivity contribution < 1.29 is 23.5 Å². The van der Waals surface area contributed by atoms with Gasteiger partial charge in [0.1, 0.15) is 17.6 Å². The van der Waals surface area contributed by atoms with Gasteiger partial charge in [-0.2, -0.15) is 0 Å². The summed E-state index contributed by atoms with van der Waals surface area (Å²) < 4.78 is 22.8. The van der Waals surface area contributed by atoms with Crippen LogP contribution in [0, 0.1) is 11.7 Å². The zero-order chi connectivity index (χ0) is 15.8. The number of rotatable bonds is 7. The summed E-state index contributed by atoms with van der Waals surface area (Å²) in [7, 11) is 1.27. The van der Waals surface area contributed by atoms with Gasteiger partial charge in [0.05, 0.1) is 20.1 Å². The van der Waals surface area contributed by atoms with E-state index in [0.717, 1.165) is 0 Å². The summed E-state index contributed by atoms with van der Waals surface area (Å²) in [6, 6.07) is 4.99. The van der Waals surface area contributed by atoms with E-state index in [-0.39, 0.29) is 24.9 Å². The Morgan fingerprint density at radius 1 is 1.33 bits per heavy atom. The monoisotopic (exact) mass is 297 g/mol. The van der Waals surface area contributed by atoms with Gasteiger partial charge in [0, 0.05) is 6.07 Å². The van der Waals surface area contributed by atoms with Gasteiger partial charge in [-0.1, -0.05) is 19.9 Å². The van der Waals surface area contributed by atoms with Gasteiger partial charge < -0.3 is 14.8 Å². The van der Waals surface area contributed by atoms with E-state index in [0.29, 0.717) is 5.75 Å². The molecular formula is C15H20FNO4. The van der Waals surface area contributed by atoms with E-state index in [2.05, 4.69) is 10.1 Å². The maximum atomic E-state index is 12.9. The van der Waals surface area contributed by atoms with Crippen molar-refractivity contribution in [3.05, 3.63) is 30.1 Å². The highest BCUT2D eigenvalue weighted by atomic mass is 19.1. The minimum atomic E-state index is -0.684. The molecule has 1 aromatic carbocycles. The summed E-state index contributed by atoms with van der Waals surface area (Å²) in [5.74, 6) is -0.927. The lowest BCUT2D eigenvalue weighted by atomic mass is 10.0. The molecule has 0 spiro atoms. The molecule has 21 heavy (non-hydrogen) atoms. The molecule has 1 atom stereocenters. The Labute approximate surface area is 123 Å².